The summed E-state index contributed by atoms with van der Waals surface area (Å²) in [6, 6.07) is 13.1. The lowest BCUT2D eigenvalue weighted by Gasteiger charge is -2.42. The fourth-order valence-electron chi connectivity index (χ4n) is 6.60. The molecule has 1 unspecified atom stereocenters. The number of rotatable bonds is 7. The third kappa shape index (κ3) is 6.65. The van der Waals surface area contributed by atoms with E-state index in [4.69, 9.17) is 11.6 Å². The third-order valence-corrected chi connectivity index (χ3v) is 9.24. The van der Waals surface area contributed by atoms with Crippen LogP contribution in [-0.4, -0.2) is 77.2 Å². The predicted molar refractivity (Wildman–Crippen MR) is 165 cm³/mol. The maximum absolute atomic E-state index is 14.6. The number of carbonyl (C=O) groups is 1. The van der Waals surface area contributed by atoms with Gasteiger partial charge in [-0.3, -0.25) is 9.58 Å². The zero-order valence-corrected chi connectivity index (χ0v) is 25.6. The number of halogens is 6. The van der Waals surface area contributed by atoms with Crippen molar-refractivity contribution < 1.29 is 27.5 Å². The average molecular weight is 657 g/mol. The van der Waals surface area contributed by atoms with E-state index in [1.54, 1.807) is 6.07 Å². The predicted octanol–water partition coefficient (Wildman–Crippen LogP) is 7.20. The zero-order valence-electron chi connectivity index (χ0n) is 24.1. The molecule has 13 heteroatoms. The van der Waals surface area contributed by atoms with E-state index >= 15 is 0 Å². The van der Waals surface area contributed by atoms with E-state index < -0.39 is 35.1 Å². The van der Waals surface area contributed by atoms with Gasteiger partial charge in [-0.1, -0.05) is 29.8 Å². The van der Waals surface area contributed by atoms with Crippen molar-refractivity contribution in [3.8, 4) is 11.1 Å². The van der Waals surface area contributed by atoms with Crippen molar-refractivity contribution in [2.75, 3.05) is 55.6 Å². The van der Waals surface area contributed by atoms with Crippen molar-refractivity contribution in [1.82, 2.24) is 14.7 Å². The minimum atomic E-state index is -4.85. The summed E-state index contributed by atoms with van der Waals surface area (Å²) in [4.78, 5) is 18.0. The van der Waals surface area contributed by atoms with E-state index in [1.165, 1.54) is 0 Å². The normalized spacial score (nSPS) is 20.6. The van der Waals surface area contributed by atoms with Crippen LogP contribution in [0.15, 0.2) is 48.7 Å². The monoisotopic (exact) mass is 655 g/mol. The Bertz CT molecular complexity index is 1470. The smallest absolute Gasteiger partial charge is 0.433 e. The maximum Gasteiger partial charge on any atom is 0.433 e. The van der Waals surface area contributed by atoms with Gasteiger partial charge in [0.15, 0.2) is 5.69 Å². The first-order valence-electron chi connectivity index (χ1n) is 14.7. The van der Waals surface area contributed by atoms with Crippen LogP contribution in [-0.2, 0) is 6.18 Å². The Morgan fingerprint density at radius 1 is 1.00 bits per heavy atom. The molecule has 2 aliphatic heterocycles. The lowest BCUT2D eigenvalue weighted by Crippen LogP contribution is -2.52. The molecule has 3 aliphatic rings. The van der Waals surface area contributed by atoms with Crippen LogP contribution in [0.2, 0.25) is 5.02 Å². The largest absolute Gasteiger partial charge is 0.478 e. The first-order valence-corrected chi connectivity index (χ1v) is 15.1. The van der Waals surface area contributed by atoms with Gasteiger partial charge in [-0.05, 0) is 61.9 Å². The van der Waals surface area contributed by atoms with E-state index in [0.717, 1.165) is 66.0 Å². The van der Waals surface area contributed by atoms with Crippen LogP contribution in [0.3, 0.4) is 0 Å². The molecule has 1 saturated carbocycles. The molecule has 1 N–H and O–H groups in total. The van der Waals surface area contributed by atoms with Crippen LogP contribution < -0.4 is 9.80 Å². The number of carboxylic acid groups (broad SMARTS) is 1. The van der Waals surface area contributed by atoms with Gasteiger partial charge in [0.1, 0.15) is 11.2 Å². The van der Waals surface area contributed by atoms with Crippen LogP contribution >= 0.6 is 24.0 Å². The summed E-state index contributed by atoms with van der Waals surface area (Å²) in [7, 11) is 0. The number of aromatic carboxylic acids is 1. The van der Waals surface area contributed by atoms with Crippen LogP contribution in [0.4, 0.5) is 28.9 Å². The van der Waals surface area contributed by atoms with E-state index in [1.807, 2.05) is 29.2 Å². The number of carboxylic acids is 1. The van der Waals surface area contributed by atoms with E-state index in [9.17, 15) is 27.5 Å². The van der Waals surface area contributed by atoms with Crippen LogP contribution in [0, 0.1) is 0 Å². The summed E-state index contributed by atoms with van der Waals surface area (Å²) in [5.74, 6) is -1.66. The number of alkyl halides is 4. The van der Waals surface area contributed by atoms with Gasteiger partial charge in [-0.15, -0.1) is 12.4 Å². The van der Waals surface area contributed by atoms with E-state index in [0.29, 0.717) is 43.8 Å². The number of piperidine rings is 1. The second kappa shape index (κ2) is 12.8. The average Bonchev–Trinajstić information content (AvgIpc) is 3.44. The summed E-state index contributed by atoms with van der Waals surface area (Å²) >= 11 is 6.40. The molecule has 2 aromatic carbocycles. The lowest BCUT2D eigenvalue weighted by molar-refractivity contribution is -0.145. The molecule has 7 nitrogen and oxygen atoms in total. The Labute approximate surface area is 264 Å². The van der Waals surface area contributed by atoms with Gasteiger partial charge in [0.05, 0.1) is 12.2 Å². The topological polar surface area (TPSA) is 64.8 Å². The molecule has 3 aromatic rings. The van der Waals surface area contributed by atoms with Crippen molar-refractivity contribution in [3.05, 3.63) is 64.9 Å². The standard InChI is InChI=1S/C31H34ClF4N5O2.ClH/c32-22-6-9-25(21-4-7-23(8-5-21)39-15-13-38(14-16-39)20-30(33)10-2-11-30)27(17-22)40-12-1-3-24(19-40)41-28(31(34,35)36)26(18-37-41)29(42)43;/h4-9,17-18,24H,1-3,10-16,19-20H2,(H,42,43);1H. The van der Waals surface area contributed by atoms with E-state index in [-0.39, 0.29) is 19.0 Å². The zero-order chi connectivity index (χ0) is 30.4. The van der Waals surface area contributed by atoms with Gasteiger partial charge >= 0.3 is 12.1 Å². The second-order valence-corrected chi connectivity index (χ2v) is 12.3. The summed E-state index contributed by atoms with van der Waals surface area (Å²) < 4.78 is 57.1. The SMILES string of the molecule is Cl.O=C(O)c1cnn(C2CCCN(c3cc(Cl)ccc3-c3ccc(N4CCN(CC5(F)CCC5)CC4)cc3)C2)c1C(F)(F)F. The molecule has 2 saturated heterocycles. The maximum atomic E-state index is 14.6. The second-order valence-electron chi connectivity index (χ2n) is 11.9. The molecular weight excluding hydrogens is 621 g/mol. The van der Waals surface area contributed by atoms with Crippen LogP contribution in [0.25, 0.3) is 11.1 Å². The molecule has 0 bridgehead atoms. The number of hydrogen-bond acceptors (Lipinski definition) is 5. The lowest BCUT2D eigenvalue weighted by atomic mass is 9.81. The minimum Gasteiger partial charge on any atom is -0.478 e. The highest BCUT2D eigenvalue weighted by Crippen LogP contribution is 2.40. The number of hydrogen-bond donors (Lipinski definition) is 1. The molecule has 0 radical (unpaired) electrons. The fraction of sp³-hybridized carbons (Fsp3) is 0.484. The Kier molecular flexibility index (Phi) is 9.39. The molecule has 1 atom stereocenters. The Morgan fingerprint density at radius 3 is 2.32 bits per heavy atom. The van der Waals surface area contributed by atoms with Gasteiger partial charge < -0.3 is 14.9 Å². The molecule has 6 rings (SSSR count). The van der Waals surface area contributed by atoms with Crippen molar-refractivity contribution in [2.45, 2.75) is 50.0 Å². The van der Waals surface area contributed by atoms with Crippen LogP contribution in [0.1, 0.15) is 54.2 Å². The minimum absolute atomic E-state index is 0. The van der Waals surface area contributed by atoms with E-state index in [2.05, 4.69) is 27.0 Å². The van der Waals surface area contributed by atoms with Gasteiger partial charge in [0, 0.05) is 67.8 Å². The molecule has 1 aliphatic carbocycles. The first kappa shape index (κ1) is 32.4. The van der Waals surface area contributed by atoms with Gasteiger partial charge in [-0.2, -0.15) is 18.3 Å². The fourth-order valence-corrected chi connectivity index (χ4v) is 6.76. The van der Waals surface area contributed by atoms with Crippen molar-refractivity contribution in [1.29, 1.82) is 0 Å². The molecule has 3 fully saturated rings. The van der Waals surface area contributed by atoms with Crippen molar-refractivity contribution in [3.63, 3.8) is 0 Å². The van der Waals surface area contributed by atoms with Crippen molar-refractivity contribution >= 4 is 41.4 Å². The molecule has 238 valence electrons. The molecule has 0 amide bonds. The summed E-state index contributed by atoms with van der Waals surface area (Å²) in [5.41, 5.74) is 0.648. The number of nitrogens with zero attached hydrogens (tertiary/aromatic N) is 5. The van der Waals surface area contributed by atoms with Gasteiger partial charge in [0.2, 0.25) is 0 Å². The highest BCUT2D eigenvalue weighted by Gasteiger charge is 2.42. The first-order chi connectivity index (χ1) is 20.5. The number of aromatic nitrogens is 2. The number of anilines is 2. The summed E-state index contributed by atoms with van der Waals surface area (Å²) in [5, 5.41) is 13.7. The molecule has 1 aromatic heterocycles. The molecular formula is C31H35Cl2F4N5O2. The number of piperazine rings is 1. The Balaban J connectivity index is 0.00000384. The van der Waals surface area contributed by atoms with Gasteiger partial charge in [-0.25, -0.2) is 9.18 Å². The summed E-state index contributed by atoms with van der Waals surface area (Å²) in [6.07, 6.45) is -0.717. The van der Waals surface area contributed by atoms with Crippen LogP contribution in [0.5, 0.6) is 0 Å². The van der Waals surface area contributed by atoms with Crippen molar-refractivity contribution in [2.24, 2.45) is 0 Å². The number of benzene rings is 2. The quantitative estimate of drug-likeness (QED) is 0.272. The molecule has 0 spiro atoms. The molecule has 44 heavy (non-hydrogen) atoms. The molecule has 3 heterocycles. The summed E-state index contributed by atoms with van der Waals surface area (Å²) in [6.45, 7) is 4.66. The highest BCUT2D eigenvalue weighted by atomic mass is 35.5. The third-order valence-electron chi connectivity index (χ3n) is 9.01. The Morgan fingerprint density at radius 2 is 1.70 bits per heavy atom. The van der Waals surface area contributed by atoms with Gasteiger partial charge in [0.25, 0.3) is 0 Å². The highest BCUT2D eigenvalue weighted by molar-refractivity contribution is 6.31. The Hall–Kier alpha value is -3.02.